The third-order valence-electron chi connectivity index (χ3n) is 3.26. The minimum absolute atomic E-state index is 0.742. The van der Waals surface area contributed by atoms with Gasteiger partial charge in [-0.15, -0.1) is 5.92 Å². The second-order valence-corrected chi connectivity index (χ2v) is 4.60. The van der Waals surface area contributed by atoms with Crippen LogP contribution < -0.4 is 5.32 Å². The van der Waals surface area contributed by atoms with Gasteiger partial charge in [0.15, 0.2) is 0 Å². The van der Waals surface area contributed by atoms with E-state index < -0.39 is 0 Å². The summed E-state index contributed by atoms with van der Waals surface area (Å²) in [5.74, 6) is 5.92. The Balaban J connectivity index is 2.22. The van der Waals surface area contributed by atoms with Crippen LogP contribution in [0.15, 0.2) is 36.4 Å². The zero-order valence-electron chi connectivity index (χ0n) is 11.8. The van der Waals surface area contributed by atoms with Crippen LogP contribution in [0.25, 0.3) is 5.69 Å². The smallest absolute Gasteiger partial charge is 0.0579 e. The van der Waals surface area contributed by atoms with Crippen molar-refractivity contribution in [2.24, 2.45) is 0 Å². The topological polar surface area (TPSA) is 17.0 Å². The van der Waals surface area contributed by atoms with Gasteiger partial charge in [0.05, 0.1) is 6.54 Å². The predicted molar refractivity (Wildman–Crippen MR) is 80.4 cm³/mol. The van der Waals surface area contributed by atoms with E-state index in [4.69, 9.17) is 0 Å². The van der Waals surface area contributed by atoms with Crippen molar-refractivity contribution in [3.8, 4) is 17.5 Å². The number of aromatic nitrogens is 1. The largest absolute Gasteiger partial charge is 0.318 e. The lowest BCUT2D eigenvalue weighted by molar-refractivity contribution is 0.762. The van der Waals surface area contributed by atoms with Crippen molar-refractivity contribution in [3.05, 3.63) is 53.3 Å². The maximum atomic E-state index is 3.35. The number of para-hydroxylation sites is 1. The fourth-order valence-corrected chi connectivity index (χ4v) is 2.33. The first-order chi connectivity index (χ1) is 9.24. The highest BCUT2D eigenvalue weighted by Crippen LogP contribution is 2.20. The SMILES string of the molecule is CC#CCNCc1cc(C)n(-c2ccccc2)c1C. The van der Waals surface area contributed by atoms with Gasteiger partial charge in [0.1, 0.15) is 0 Å². The van der Waals surface area contributed by atoms with Crippen LogP contribution in [0.5, 0.6) is 0 Å². The molecule has 0 spiro atoms. The molecule has 0 radical (unpaired) electrons. The number of aryl methyl sites for hydroxylation is 1. The Morgan fingerprint density at radius 2 is 1.89 bits per heavy atom. The van der Waals surface area contributed by atoms with E-state index in [0.717, 1.165) is 13.1 Å². The molecule has 0 aliphatic rings. The van der Waals surface area contributed by atoms with Gasteiger partial charge in [0.2, 0.25) is 0 Å². The summed E-state index contributed by atoms with van der Waals surface area (Å²) in [7, 11) is 0. The Hall–Kier alpha value is -1.98. The summed E-state index contributed by atoms with van der Waals surface area (Å²) in [6.07, 6.45) is 0. The molecule has 0 saturated heterocycles. The third-order valence-corrected chi connectivity index (χ3v) is 3.26. The molecule has 1 N–H and O–H groups in total. The maximum Gasteiger partial charge on any atom is 0.0579 e. The molecule has 0 atom stereocenters. The molecule has 0 aliphatic heterocycles. The molecule has 0 bridgehead atoms. The van der Waals surface area contributed by atoms with E-state index in [2.05, 4.69) is 65.9 Å². The van der Waals surface area contributed by atoms with Crippen LogP contribution in [0, 0.1) is 25.7 Å². The Kier molecular flexibility index (Phi) is 4.43. The molecule has 2 aromatic rings. The lowest BCUT2D eigenvalue weighted by Crippen LogP contribution is -2.13. The molecule has 0 saturated carbocycles. The molecule has 0 aliphatic carbocycles. The zero-order valence-corrected chi connectivity index (χ0v) is 11.8. The Labute approximate surface area is 115 Å². The molecule has 1 heterocycles. The van der Waals surface area contributed by atoms with Crippen molar-refractivity contribution in [1.29, 1.82) is 0 Å². The quantitative estimate of drug-likeness (QED) is 0.653. The van der Waals surface area contributed by atoms with Crippen LogP contribution in [0.3, 0.4) is 0 Å². The molecule has 98 valence electrons. The van der Waals surface area contributed by atoms with Gasteiger partial charge >= 0.3 is 0 Å². The first-order valence-electron chi connectivity index (χ1n) is 6.57. The fraction of sp³-hybridized carbons (Fsp3) is 0.294. The van der Waals surface area contributed by atoms with Gasteiger partial charge < -0.3 is 9.88 Å². The van der Waals surface area contributed by atoms with Crippen molar-refractivity contribution in [1.82, 2.24) is 9.88 Å². The summed E-state index contributed by atoms with van der Waals surface area (Å²) in [5, 5.41) is 3.35. The van der Waals surface area contributed by atoms with Crippen LogP contribution in [-0.4, -0.2) is 11.1 Å². The van der Waals surface area contributed by atoms with Gasteiger partial charge in [0.25, 0.3) is 0 Å². The highest BCUT2D eigenvalue weighted by Gasteiger charge is 2.09. The lowest BCUT2D eigenvalue weighted by atomic mass is 10.2. The van der Waals surface area contributed by atoms with Crippen LogP contribution in [0.4, 0.5) is 0 Å². The molecular weight excluding hydrogens is 232 g/mol. The molecule has 0 amide bonds. The minimum atomic E-state index is 0.742. The average molecular weight is 252 g/mol. The van der Waals surface area contributed by atoms with Crippen LogP contribution in [0.2, 0.25) is 0 Å². The van der Waals surface area contributed by atoms with Crippen molar-refractivity contribution in [3.63, 3.8) is 0 Å². The highest BCUT2D eigenvalue weighted by atomic mass is 15.0. The van der Waals surface area contributed by atoms with Crippen molar-refractivity contribution < 1.29 is 0 Å². The van der Waals surface area contributed by atoms with Gasteiger partial charge in [-0.2, -0.15) is 0 Å². The summed E-state index contributed by atoms with van der Waals surface area (Å²) in [6.45, 7) is 7.79. The number of rotatable bonds is 4. The molecule has 1 aromatic carbocycles. The Morgan fingerprint density at radius 1 is 1.16 bits per heavy atom. The van der Waals surface area contributed by atoms with E-state index in [0.29, 0.717) is 0 Å². The number of hydrogen-bond acceptors (Lipinski definition) is 1. The van der Waals surface area contributed by atoms with E-state index >= 15 is 0 Å². The first kappa shape index (κ1) is 13.5. The van der Waals surface area contributed by atoms with E-state index in [9.17, 15) is 0 Å². The van der Waals surface area contributed by atoms with E-state index in [1.54, 1.807) is 0 Å². The lowest BCUT2D eigenvalue weighted by Gasteiger charge is -2.09. The maximum absolute atomic E-state index is 3.35. The second-order valence-electron chi connectivity index (χ2n) is 4.60. The number of hydrogen-bond donors (Lipinski definition) is 1. The Bertz CT molecular complexity index is 597. The minimum Gasteiger partial charge on any atom is -0.318 e. The number of nitrogens with zero attached hydrogens (tertiary/aromatic N) is 1. The van der Waals surface area contributed by atoms with Crippen LogP contribution in [-0.2, 0) is 6.54 Å². The number of benzene rings is 1. The third kappa shape index (κ3) is 3.07. The molecule has 2 heteroatoms. The van der Waals surface area contributed by atoms with E-state index in [1.165, 1.54) is 22.6 Å². The zero-order chi connectivity index (χ0) is 13.7. The molecule has 19 heavy (non-hydrogen) atoms. The Morgan fingerprint density at radius 3 is 2.58 bits per heavy atom. The standard InChI is InChI=1S/C17H20N2/c1-4-5-11-18-13-16-12-14(2)19(15(16)3)17-9-7-6-8-10-17/h6-10,12,18H,11,13H2,1-3H3. The summed E-state index contributed by atoms with van der Waals surface area (Å²) in [6, 6.07) is 12.7. The predicted octanol–water partition coefficient (Wildman–Crippen LogP) is 3.21. The number of nitrogens with one attached hydrogen (secondary N) is 1. The van der Waals surface area contributed by atoms with Gasteiger partial charge in [0, 0.05) is 23.6 Å². The molecule has 2 nitrogen and oxygen atoms in total. The van der Waals surface area contributed by atoms with Crippen molar-refractivity contribution >= 4 is 0 Å². The van der Waals surface area contributed by atoms with E-state index in [1.807, 2.05) is 13.0 Å². The summed E-state index contributed by atoms with van der Waals surface area (Å²) in [5.41, 5.74) is 5.11. The molecule has 0 unspecified atom stereocenters. The van der Waals surface area contributed by atoms with Gasteiger partial charge in [-0.1, -0.05) is 24.1 Å². The summed E-state index contributed by atoms with van der Waals surface area (Å²) in [4.78, 5) is 0. The van der Waals surface area contributed by atoms with Crippen LogP contribution >= 0.6 is 0 Å². The van der Waals surface area contributed by atoms with Gasteiger partial charge in [-0.25, -0.2) is 0 Å². The van der Waals surface area contributed by atoms with Gasteiger partial charge in [-0.3, -0.25) is 0 Å². The van der Waals surface area contributed by atoms with Crippen LogP contribution in [0.1, 0.15) is 23.9 Å². The molecule has 2 rings (SSSR count). The normalized spacial score (nSPS) is 10.1. The summed E-state index contributed by atoms with van der Waals surface area (Å²) < 4.78 is 2.29. The molecular formula is C17H20N2. The first-order valence-corrected chi connectivity index (χ1v) is 6.57. The van der Waals surface area contributed by atoms with Crippen molar-refractivity contribution in [2.45, 2.75) is 27.3 Å². The molecule has 1 aromatic heterocycles. The highest BCUT2D eigenvalue weighted by molar-refractivity contribution is 5.40. The monoisotopic (exact) mass is 252 g/mol. The van der Waals surface area contributed by atoms with Gasteiger partial charge in [-0.05, 0) is 44.5 Å². The van der Waals surface area contributed by atoms with Crippen molar-refractivity contribution in [2.75, 3.05) is 6.54 Å². The van der Waals surface area contributed by atoms with E-state index in [-0.39, 0.29) is 0 Å². The summed E-state index contributed by atoms with van der Waals surface area (Å²) >= 11 is 0. The molecule has 0 fully saturated rings. The second kappa shape index (κ2) is 6.26. The average Bonchev–Trinajstić information content (AvgIpc) is 2.71. The fourth-order valence-electron chi connectivity index (χ4n) is 2.33.